The minimum atomic E-state index is 0.231. The zero-order valence-corrected chi connectivity index (χ0v) is 13.5. The second-order valence-electron chi connectivity index (χ2n) is 6.09. The zero-order chi connectivity index (χ0) is 14.2. The van der Waals surface area contributed by atoms with E-state index in [-0.39, 0.29) is 5.91 Å². The number of piperidine rings is 1. The summed E-state index contributed by atoms with van der Waals surface area (Å²) in [5.74, 6) is 3.87. The third-order valence-corrected chi connectivity index (χ3v) is 5.44. The third-order valence-electron chi connectivity index (χ3n) is 4.50. The Morgan fingerprint density at radius 3 is 2.95 bits per heavy atom. The number of nitrogens with one attached hydrogen (secondary N) is 2. The minimum Gasteiger partial charge on any atom is -0.355 e. The summed E-state index contributed by atoms with van der Waals surface area (Å²) in [6.07, 6.45) is 3.21. The largest absolute Gasteiger partial charge is 0.355 e. The lowest BCUT2D eigenvalue weighted by Gasteiger charge is -2.28. The summed E-state index contributed by atoms with van der Waals surface area (Å²) in [7, 11) is 0. The molecule has 2 atom stereocenters. The Kier molecular flexibility index (Phi) is 7.17. The molecule has 4 nitrogen and oxygen atoms in total. The molecule has 0 saturated carbocycles. The van der Waals surface area contributed by atoms with Gasteiger partial charge in [-0.15, -0.1) is 0 Å². The Balaban J connectivity index is 1.57. The molecule has 0 aliphatic carbocycles. The van der Waals surface area contributed by atoms with E-state index in [9.17, 15) is 4.79 Å². The highest BCUT2D eigenvalue weighted by Gasteiger charge is 2.21. The number of thioether (sulfide) groups is 1. The van der Waals surface area contributed by atoms with Crippen LogP contribution >= 0.6 is 11.8 Å². The Bertz CT molecular complexity index is 289. The monoisotopic (exact) mass is 299 g/mol. The Hall–Kier alpha value is -0.260. The molecule has 5 heteroatoms. The molecule has 2 aliphatic rings. The molecule has 2 fully saturated rings. The minimum absolute atomic E-state index is 0.231. The van der Waals surface area contributed by atoms with Gasteiger partial charge in [0, 0.05) is 44.1 Å². The maximum absolute atomic E-state index is 12.0. The van der Waals surface area contributed by atoms with Crippen LogP contribution in [0.25, 0.3) is 0 Å². The lowest BCUT2D eigenvalue weighted by atomic mass is 9.85. The molecule has 2 aliphatic heterocycles. The van der Waals surface area contributed by atoms with E-state index < -0.39 is 0 Å². The predicted octanol–water partition coefficient (Wildman–Crippen LogP) is 1.18. The first-order valence-electron chi connectivity index (χ1n) is 8.03. The van der Waals surface area contributed by atoms with Crippen LogP contribution < -0.4 is 10.6 Å². The number of amides is 1. The van der Waals surface area contributed by atoms with Crippen molar-refractivity contribution in [3.63, 3.8) is 0 Å². The van der Waals surface area contributed by atoms with Crippen molar-refractivity contribution < 1.29 is 4.79 Å². The van der Waals surface area contributed by atoms with Crippen LogP contribution in [0.4, 0.5) is 0 Å². The van der Waals surface area contributed by atoms with Gasteiger partial charge in [-0.3, -0.25) is 9.69 Å². The predicted molar refractivity (Wildman–Crippen MR) is 86.1 cm³/mol. The highest BCUT2D eigenvalue weighted by atomic mass is 32.2. The number of hydrogen-bond acceptors (Lipinski definition) is 4. The maximum Gasteiger partial charge on any atom is 0.220 e. The third kappa shape index (κ3) is 5.62. The van der Waals surface area contributed by atoms with E-state index in [1.54, 1.807) is 0 Å². The number of rotatable bonds is 6. The lowest BCUT2D eigenvalue weighted by molar-refractivity contribution is -0.122. The first-order valence-corrected chi connectivity index (χ1v) is 9.18. The van der Waals surface area contributed by atoms with Crippen LogP contribution in [0.1, 0.15) is 26.2 Å². The zero-order valence-electron chi connectivity index (χ0n) is 12.7. The molecule has 0 aromatic rings. The van der Waals surface area contributed by atoms with E-state index in [4.69, 9.17) is 0 Å². The normalized spacial score (nSPS) is 26.1. The summed E-state index contributed by atoms with van der Waals surface area (Å²) in [5.41, 5.74) is 0. The standard InChI is InChI=1S/C15H29N3OS/c1-13(14-3-2-4-16-12-14)11-15(19)17-5-6-18-7-9-20-10-8-18/h13-14,16H,2-12H2,1H3,(H,17,19). The van der Waals surface area contributed by atoms with Crippen LogP contribution in [0.5, 0.6) is 0 Å². The van der Waals surface area contributed by atoms with Gasteiger partial charge in [-0.2, -0.15) is 11.8 Å². The van der Waals surface area contributed by atoms with Gasteiger partial charge < -0.3 is 10.6 Å². The van der Waals surface area contributed by atoms with Gasteiger partial charge in [-0.25, -0.2) is 0 Å². The number of carbonyl (C=O) groups is 1. The van der Waals surface area contributed by atoms with Crippen LogP contribution in [0.2, 0.25) is 0 Å². The van der Waals surface area contributed by atoms with Crippen LogP contribution in [0.3, 0.4) is 0 Å². The van der Waals surface area contributed by atoms with Gasteiger partial charge in [-0.1, -0.05) is 6.92 Å². The average Bonchev–Trinajstić information content (AvgIpc) is 2.49. The van der Waals surface area contributed by atoms with Crippen molar-refractivity contribution in [1.82, 2.24) is 15.5 Å². The Morgan fingerprint density at radius 2 is 2.25 bits per heavy atom. The van der Waals surface area contributed by atoms with Crippen molar-refractivity contribution in [3.8, 4) is 0 Å². The first-order chi connectivity index (χ1) is 9.75. The molecule has 2 unspecified atom stereocenters. The molecule has 0 bridgehead atoms. The summed E-state index contributed by atoms with van der Waals surface area (Å²) < 4.78 is 0. The van der Waals surface area contributed by atoms with Gasteiger partial charge in [-0.05, 0) is 37.8 Å². The van der Waals surface area contributed by atoms with Gasteiger partial charge in [0.1, 0.15) is 0 Å². The van der Waals surface area contributed by atoms with Crippen LogP contribution in [0.15, 0.2) is 0 Å². The van der Waals surface area contributed by atoms with Crippen molar-refractivity contribution in [2.45, 2.75) is 26.2 Å². The molecule has 20 heavy (non-hydrogen) atoms. The fourth-order valence-electron chi connectivity index (χ4n) is 3.07. The fraction of sp³-hybridized carbons (Fsp3) is 0.933. The van der Waals surface area contributed by atoms with Crippen molar-refractivity contribution in [3.05, 3.63) is 0 Å². The molecular formula is C15H29N3OS. The number of nitrogens with zero attached hydrogens (tertiary/aromatic N) is 1. The number of carbonyl (C=O) groups excluding carboxylic acids is 1. The van der Waals surface area contributed by atoms with Crippen molar-refractivity contribution in [1.29, 1.82) is 0 Å². The highest BCUT2D eigenvalue weighted by Crippen LogP contribution is 2.22. The van der Waals surface area contributed by atoms with Crippen LogP contribution in [-0.2, 0) is 4.79 Å². The van der Waals surface area contributed by atoms with E-state index in [0.29, 0.717) is 18.3 Å². The molecular weight excluding hydrogens is 270 g/mol. The molecule has 2 rings (SSSR count). The van der Waals surface area contributed by atoms with Crippen LogP contribution in [0, 0.1) is 11.8 Å². The molecule has 0 aromatic carbocycles. The molecule has 1 amide bonds. The van der Waals surface area contributed by atoms with E-state index in [1.165, 1.54) is 37.4 Å². The molecule has 0 spiro atoms. The topological polar surface area (TPSA) is 44.4 Å². The quantitative estimate of drug-likeness (QED) is 0.773. The maximum atomic E-state index is 12.0. The molecule has 0 radical (unpaired) electrons. The first kappa shape index (κ1) is 16.1. The molecule has 2 saturated heterocycles. The molecule has 2 N–H and O–H groups in total. The van der Waals surface area contributed by atoms with E-state index in [0.717, 1.165) is 26.2 Å². The molecule has 0 aromatic heterocycles. The highest BCUT2D eigenvalue weighted by molar-refractivity contribution is 7.99. The second kappa shape index (κ2) is 8.90. The van der Waals surface area contributed by atoms with Gasteiger partial charge in [0.25, 0.3) is 0 Å². The fourth-order valence-corrected chi connectivity index (χ4v) is 4.05. The summed E-state index contributed by atoms with van der Waals surface area (Å²) in [6, 6.07) is 0. The van der Waals surface area contributed by atoms with E-state index in [2.05, 4.69) is 22.5 Å². The second-order valence-corrected chi connectivity index (χ2v) is 7.32. The molecule has 2 heterocycles. The summed E-state index contributed by atoms with van der Waals surface area (Å²) >= 11 is 2.03. The van der Waals surface area contributed by atoms with Gasteiger partial charge in [0.2, 0.25) is 5.91 Å². The van der Waals surface area contributed by atoms with Crippen molar-refractivity contribution >= 4 is 17.7 Å². The Labute approximate surface area is 127 Å². The average molecular weight is 299 g/mol. The number of hydrogen-bond donors (Lipinski definition) is 2. The van der Waals surface area contributed by atoms with Gasteiger partial charge >= 0.3 is 0 Å². The molecule has 116 valence electrons. The van der Waals surface area contributed by atoms with Gasteiger partial charge in [0.15, 0.2) is 0 Å². The van der Waals surface area contributed by atoms with E-state index >= 15 is 0 Å². The van der Waals surface area contributed by atoms with Crippen molar-refractivity contribution in [2.24, 2.45) is 11.8 Å². The summed E-state index contributed by atoms with van der Waals surface area (Å²) in [5, 5.41) is 6.53. The van der Waals surface area contributed by atoms with Gasteiger partial charge in [0.05, 0.1) is 0 Å². The smallest absolute Gasteiger partial charge is 0.220 e. The summed E-state index contributed by atoms with van der Waals surface area (Å²) in [4.78, 5) is 14.4. The lowest BCUT2D eigenvalue weighted by Crippen LogP contribution is -2.40. The van der Waals surface area contributed by atoms with Crippen molar-refractivity contribution in [2.75, 3.05) is 50.8 Å². The Morgan fingerprint density at radius 1 is 1.45 bits per heavy atom. The van der Waals surface area contributed by atoms with Crippen LogP contribution in [-0.4, -0.2) is 61.6 Å². The SMILES string of the molecule is CC(CC(=O)NCCN1CCSCC1)C1CCCNC1. The summed E-state index contributed by atoms with van der Waals surface area (Å²) in [6.45, 7) is 8.60. The van der Waals surface area contributed by atoms with E-state index in [1.807, 2.05) is 11.8 Å².